The van der Waals surface area contributed by atoms with Crippen molar-refractivity contribution < 1.29 is 19.4 Å². The van der Waals surface area contributed by atoms with Crippen molar-refractivity contribution in [2.45, 2.75) is 19.5 Å². The summed E-state index contributed by atoms with van der Waals surface area (Å²) in [6, 6.07) is 19.5. The fourth-order valence-corrected chi connectivity index (χ4v) is 3.88. The number of imide groups is 1. The number of carbonyl (C=O) groups excluding carboxylic acids is 2. The van der Waals surface area contributed by atoms with E-state index in [0.717, 1.165) is 38.3 Å². The van der Waals surface area contributed by atoms with E-state index in [0.29, 0.717) is 6.54 Å². The van der Waals surface area contributed by atoms with Gasteiger partial charge in [-0.05, 0) is 6.92 Å². The van der Waals surface area contributed by atoms with E-state index in [1.165, 1.54) is 15.4 Å². The zero-order chi connectivity index (χ0) is 19.8. The first-order valence-corrected chi connectivity index (χ1v) is 10.0. The first kappa shape index (κ1) is 20.0. The second kappa shape index (κ2) is 10.0. The van der Waals surface area contributed by atoms with E-state index in [1.807, 2.05) is 43.3 Å². The summed E-state index contributed by atoms with van der Waals surface area (Å²) in [5, 5.41) is 5.15. The summed E-state index contributed by atoms with van der Waals surface area (Å²) in [4.78, 5) is 27.5. The maximum Gasteiger partial charge on any atom is 0.321 e. The van der Waals surface area contributed by atoms with E-state index in [1.54, 1.807) is 0 Å². The van der Waals surface area contributed by atoms with Gasteiger partial charge < -0.3 is 15.1 Å². The smallest absolute Gasteiger partial charge is 0.321 e. The van der Waals surface area contributed by atoms with Gasteiger partial charge in [-0.3, -0.25) is 10.1 Å². The average Bonchev–Trinajstić information content (AvgIpc) is 2.71. The van der Waals surface area contributed by atoms with Gasteiger partial charge in [-0.15, -0.1) is 0 Å². The van der Waals surface area contributed by atoms with Crippen LogP contribution >= 0.6 is 0 Å². The van der Waals surface area contributed by atoms with E-state index < -0.39 is 6.03 Å². The Hall–Kier alpha value is -2.70. The fourth-order valence-electron chi connectivity index (χ4n) is 3.88. The lowest BCUT2D eigenvalue weighted by Gasteiger charge is -2.34. The molecule has 1 atom stereocenters. The summed E-state index contributed by atoms with van der Waals surface area (Å²) in [6.45, 7) is 7.12. The minimum absolute atomic E-state index is 0.237. The second-order valence-corrected chi connectivity index (χ2v) is 7.26. The molecule has 28 heavy (non-hydrogen) atoms. The lowest BCUT2D eigenvalue weighted by atomic mass is 10.0. The van der Waals surface area contributed by atoms with Gasteiger partial charge >= 0.3 is 6.03 Å². The highest BCUT2D eigenvalue weighted by Gasteiger charge is 2.36. The minimum atomic E-state index is -0.429. The highest BCUT2D eigenvalue weighted by Crippen LogP contribution is 2.09. The zero-order valence-corrected chi connectivity index (χ0v) is 16.4. The van der Waals surface area contributed by atoms with Crippen LogP contribution in [0.3, 0.4) is 0 Å². The van der Waals surface area contributed by atoms with Crippen LogP contribution in [0.1, 0.15) is 24.1 Å². The van der Waals surface area contributed by atoms with Crippen molar-refractivity contribution in [2.75, 3.05) is 32.7 Å². The number of piperazine rings is 1. The van der Waals surface area contributed by atoms with E-state index in [9.17, 15) is 9.59 Å². The number of amides is 3. The molecule has 148 valence electrons. The number of hydrogen-bond acceptors (Lipinski definition) is 2. The summed E-state index contributed by atoms with van der Waals surface area (Å²) >= 11 is 0. The van der Waals surface area contributed by atoms with Crippen molar-refractivity contribution in [2.24, 2.45) is 0 Å². The Morgan fingerprint density at radius 2 is 1.54 bits per heavy atom. The van der Waals surface area contributed by atoms with Crippen LogP contribution in [-0.2, 0) is 11.3 Å². The van der Waals surface area contributed by atoms with Crippen LogP contribution in [0.2, 0.25) is 0 Å². The molecule has 1 fully saturated rings. The number of quaternary nitrogens is 2. The predicted molar refractivity (Wildman–Crippen MR) is 108 cm³/mol. The molecule has 0 saturated carbocycles. The molecule has 3 amide bonds. The zero-order valence-electron chi connectivity index (χ0n) is 16.4. The highest BCUT2D eigenvalue weighted by atomic mass is 16.2. The fraction of sp³-hybridized carbons (Fsp3) is 0.364. The Morgan fingerprint density at radius 3 is 2.14 bits per heavy atom. The molecule has 0 unspecified atom stereocenters. The molecule has 2 aromatic rings. The molecule has 1 heterocycles. The average molecular weight is 383 g/mol. The van der Waals surface area contributed by atoms with Crippen LogP contribution in [0.15, 0.2) is 60.7 Å². The standard InChI is InChI=1S/C22H28N4O2/c1-2-23-22(28)24-21(27)20(19-11-7-4-8-12-19)26-15-13-25(14-16-26)17-18-9-5-3-6-10-18/h3-12,20H,2,13-17H2,1H3,(H2,23,24,27,28)/p+2/t20-/m0/s1. The topological polar surface area (TPSA) is 67.1 Å². The maximum atomic E-state index is 12.9. The van der Waals surface area contributed by atoms with Gasteiger partial charge in [-0.25, -0.2) is 4.79 Å². The van der Waals surface area contributed by atoms with Gasteiger partial charge in [0.25, 0.3) is 5.91 Å². The van der Waals surface area contributed by atoms with Crippen LogP contribution in [0, 0.1) is 0 Å². The van der Waals surface area contributed by atoms with Gasteiger partial charge in [0.05, 0.1) is 0 Å². The lowest BCUT2D eigenvalue weighted by molar-refractivity contribution is -1.03. The molecule has 0 bridgehead atoms. The molecule has 6 heteroatoms. The predicted octanol–water partition coefficient (Wildman–Crippen LogP) is -0.443. The van der Waals surface area contributed by atoms with E-state index >= 15 is 0 Å². The first-order valence-electron chi connectivity index (χ1n) is 10.0. The number of rotatable bonds is 6. The van der Waals surface area contributed by atoms with Gasteiger partial charge in [0.15, 0.2) is 6.04 Å². The normalized spacial score (nSPS) is 20.2. The Balaban J connectivity index is 1.66. The quantitative estimate of drug-likeness (QED) is 0.547. The molecular formula is C22H30N4O2+2. The number of carbonyl (C=O) groups is 2. The molecular weight excluding hydrogens is 352 g/mol. The Labute approximate surface area is 166 Å². The number of benzene rings is 2. The Kier molecular flexibility index (Phi) is 7.17. The molecule has 4 N–H and O–H groups in total. The van der Waals surface area contributed by atoms with Crippen molar-refractivity contribution >= 4 is 11.9 Å². The monoisotopic (exact) mass is 382 g/mol. The molecule has 0 aromatic heterocycles. The third-order valence-electron chi connectivity index (χ3n) is 5.27. The molecule has 2 aromatic carbocycles. The minimum Gasteiger partial charge on any atom is -0.338 e. The molecule has 0 spiro atoms. The third-order valence-corrected chi connectivity index (χ3v) is 5.27. The van der Waals surface area contributed by atoms with Crippen molar-refractivity contribution in [3.8, 4) is 0 Å². The van der Waals surface area contributed by atoms with E-state index in [2.05, 4.69) is 34.9 Å². The first-order chi connectivity index (χ1) is 13.7. The number of urea groups is 1. The lowest BCUT2D eigenvalue weighted by Crippen LogP contribution is -3.28. The molecule has 0 radical (unpaired) electrons. The largest absolute Gasteiger partial charge is 0.338 e. The van der Waals surface area contributed by atoms with Crippen molar-refractivity contribution in [3.63, 3.8) is 0 Å². The molecule has 1 aliphatic rings. The van der Waals surface area contributed by atoms with Crippen LogP contribution < -0.4 is 20.4 Å². The highest BCUT2D eigenvalue weighted by molar-refractivity contribution is 5.96. The third kappa shape index (κ3) is 5.41. The summed E-state index contributed by atoms with van der Waals surface area (Å²) in [5.74, 6) is -0.237. The second-order valence-electron chi connectivity index (χ2n) is 7.26. The Bertz CT molecular complexity index is 759. The molecule has 1 saturated heterocycles. The van der Waals surface area contributed by atoms with E-state index in [-0.39, 0.29) is 11.9 Å². The molecule has 6 nitrogen and oxygen atoms in total. The van der Waals surface area contributed by atoms with Crippen LogP contribution in [-0.4, -0.2) is 44.7 Å². The molecule has 0 aliphatic carbocycles. The van der Waals surface area contributed by atoms with Crippen molar-refractivity contribution in [1.82, 2.24) is 10.6 Å². The van der Waals surface area contributed by atoms with Gasteiger partial charge in [-0.1, -0.05) is 60.7 Å². The van der Waals surface area contributed by atoms with Crippen LogP contribution in [0.5, 0.6) is 0 Å². The maximum absolute atomic E-state index is 12.9. The number of hydrogen-bond donors (Lipinski definition) is 4. The summed E-state index contributed by atoms with van der Waals surface area (Å²) in [7, 11) is 0. The van der Waals surface area contributed by atoms with Crippen molar-refractivity contribution in [3.05, 3.63) is 71.8 Å². The molecule has 3 rings (SSSR count). The SMILES string of the molecule is CCNC(=O)NC(=O)[C@H](c1ccccc1)[NH+]1CC[NH+](Cc2ccccc2)CC1. The summed E-state index contributed by atoms with van der Waals surface area (Å²) in [5.41, 5.74) is 2.29. The van der Waals surface area contributed by atoms with Gasteiger partial charge in [-0.2, -0.15) is 0 Å². The Morgan fingerprint density at radius 1 is 0.929 bits per heavy atom. The van der Waals surface area contributed by atoms with Gasteiger partial charge in [0.1, 0.15) is 32.7 Å². The van der Waals surface area contributed by atoms with Crippen LogP contribution in [0.4, 0.5) is 4.79 Å². The van der Waals surface area contributed by atoms with Gasteiger partial charge in [0, 0.05) is 17.7 Å². The van der Waals surface area contributed by atoms with Gasteiger partial charge in [0.2, 0.25) is 0 Å². The van der Waals surface area contributed by atoms with Crippen LogP contribution in [0.25, 0.3) is 0 Å². The summed E-state index contributed by atoms with van der Waals surface area (Å²) in [6.07, 6.45) is 0. The summed E-state index contributed by atoms with van der Waals surface area (Å²) < 4.78 is 0. The number of nitrogens with one attached hydrogen (secondary N) is 4. The molecule has 1 aliphatic heterocycles. The van der Waals surface area contributed by atoms with E-state index in [4.69, 9.17) is 0 Å². The van der Waals surface area contributed by atoms with Crippen molar-refractivity contribution in [1.29, 1.82) is 0 Å².